The van der Waals surface area contributed by atoms with Gasteiger partial charge in [0.2, 0.25) is 11.7 Å². The molecule has 1 aromatic carbocycles. The molecule has 1 amide bonds. The highest BCUT2D eigenvalue weighted by Crippen LogP contribution is 2.61. The van der Waals surface area contributed by atoms with Crippen LogP contribution in [-0.4, -0.2) is 28.2 Å². The largest absolute Gasteiger partial charge is 0.404 e. The van der Waals surface area contributed by atoms with Crippen LogP contribution in [0.15, 0.2) is 46.3 Å². The number of aryl methyl sites for hydroxylation is 1. The Bertz CT molecular complexity index is 1230. The molecule has 0 bridgehead atoms. The molecule has 8 nitrogen and oxygen atoms in total. The standard InChI is InChI=1S/C20H15F3N4O4S/c1-9-15(27(29)30)16(31-26-9)14-13(12-7-4-8-32-12)17(20(21,22)23)25-19(14)10-5-2-3-6-11(10)24-18(19)28/h2-8,13-14,17,25H,1H3,(H,24,28)/t13-,14+,17-,19-/m1/s1. The number of hydrogen-bond donors (Lipinski definition) is 2. The predicted molar refractivity (Wildman–Crippen MR) is 107 cm³/mol. The Balaban J connectivity index is 1.85. The van der Waals surface area contributed by atoms with Gasteiger partial charge in [0.25, 0.3) is 0 Å². The molecule has 0 aliphatic carbocycles. The van der Waals surface area contributed by atoms with Crippen molar-refractivity contribution in [2.24, 2.45) is 0 Å². The molecule has 166 valence electrons. The van der Waals surface area contributed by atoms with Crippen LogP contribution >= 0.6 is 11.3 Å². The Morgan fingerprint density at radius 3 is 2.66 bits per heavy atom. The number of hydrogen-bond acceptors (Lipinski definition) is 7. The fourth-order valence-corrected chi connectivity index (χ4v) is 5.78. The van der Waals surface area contributed by atoms with Crippen molar-refractivity contribution in [3.05, 3.63) is 73.8 Å². The molecule has 4 atom stereocenters. The number of fused-ring (bicyclic) bond motifs is 2. The van der Waals surface area contributed by atoms with Crippen LogP contribution in [0.1, 0.15) is 33.7 Å². The number of rotatable bonds is 3. The molecule has 32 heavy (non-hydrogen) atoms. The van der Waals surface area contributed by atoms with Crippen molar-refractivity contribution >= 4 is 28.6 Å². The zero-order valence-electron chi connectivity index (χ0n) is 16.3. The minimum Gasteiger partial charge on any atom is -0.353 e. The van der Waals surface area contributed by atoms with E-state index in [0.29, 0.717) is 10.6 Å². The number of amides is 1. The minimum atomic E-state index is -4.75. The van der Waals surface area contributed by atoms with Crippen molar-refractivity contribution in [1.29, 1.82) is 0 Å². The second kappa shape index (κ2) is 6.87. The Morgan fingerprint density at radius 2 is 2.00 bits per heavy atom. The smallest absolute Gasteiger partial charge is 0.353 e. The summed E-state index contributed by atoms with van der Waals surface area (Å²) in [4.78, 5) is 24.8. The molecular weight excluding hydrogens is 449 g/mol. The van der Waals surface area contributed by atoms with Gasteiger partial charge in [0.05, 0.1) is 10.8 Å². The van der Waals surface area contributed by atoms with Crippen molar-refractivity contribution in [3.8, 4) is 0 Å². The molecule has 5 rings (SSSR count). The lowest BCUT2D eigenvalue weighted by Gasteiger charge is -2.29. The molecule has 0 saturated carbocycles. The average molecular weight is 464 g/mol. The number of benzene rings is 1. The second-order valence-corrected chi connectivity index (χ2v) is 8.71. The van der Waals surface area contributed by atoms with E-state index in [9.17, 15) is 28.1 Å². The molecule has 2 aliphatic rings. The highest BCUT2D eigenvalue weighted by atomic mass is 32.1. The lowest BCUT2D eigenvalue weighted by molar-refractivity contribution is -0.386. The van der Waals surface area contributed by atoms with Gasteiger partial charge in [0.15, 0.2) is 5.69 Å². The van der Waals surface area contributed by atoms with Gasteiger partial charge in [-0.25, -0.2) is 0 Å². The zero-order valence-corrected chi connectivity index (χ0v) is 17.2. The van der Waals surface area contributed by atoms with Crippen LogP contribution in [0.5, 0.6) is 0 Å². The number of para-hydroxylation sites is 1. The van der Waals surface area contributed by atoms with E-state index in [0.717, 1.165) is 11.3 Å². The van der Waals surface area contributed by atoms with Gasteiger partial charge in [-0.2, -0.15) is 13.2 Å². The molecule has 1 spiro atoms. The number of nitrogens with one attached hydrogen (secondary N) is 2. The van der Waals surface area contributed by atoms with E-state index >= 15 is 0 Å². The first-order chi connectivity index (χ1) is 15.2. The Morgan fingerprint density at radius 1 is 1.25 bits per heavy atom. The molecule has 2 aliphatic heterocycles. The van der Waals surface area contributed by atoms with E-state index in [1.807, 2.05) is 0 Å². The van der Waals surface area contributed by atoms with E-state index < -0.39 is 46.1 Å². The first-order valence-corrected chi connectivity index (χ1v) is 10.4. The summed E-state index contributed by atoms with van der Waals surface area (Å²) in [7, 11) is 0. The summed E-state index contributed by atoms with van der Waals surface area (Å²) in [5, 5.41) is 22.3. The van der Waals surface area contributed by atoms with Gasteiger partial charge < -0.3 is 9.84 Å². The third-order valence-corrected chi connectivity index (χ3v) is 7.05. The number of carbonyl (C=O) groups excluding carboxylic acids is 1. The summed E-state index contributed by atoms with van der Waals surface area (Å²) in [5.74, 6) is -3.84. The fraction of sp³-hybridized carbons (Fsp3) is 0.300. The first kappa shape index (κ1) is 20.6. The van der Waals surface area contributed by atoms with Gasteiger partial charge in [-0.1, -0.05) is 29.4 Å². The first-order valence-electron chi connectivity index (χ1n) is 9.55. The van der Waals surface area contributed by atoms with Crippen molar-refractivity contribution < 1.29 is 27.4 Å². The molecule has 12 heteroatoms. The van der Waals surface area contributed by atoms with Gasteiger partial charge in [-0.15, -0.1) is 11.3 Å². The number of nitro groups is 1. The number of thiophene rings is 1. The van der Waals surface area contributed by atoms with Crippen molar-refractivity contribution in [1.82, 2.24) is 10.5 Å². The molecule has 2 aromatic heterocycles. The minimum absolute atomic E-state index is 0.0766. The highest BCUT2D eigenvalue weighted by Gasteiger charge is 2.69. The third-order valence-electron chi connectivity index (χ3n) is 6.07. The van der Waals surface area contributed by atoms with Crippen molar-refractivity contribution in [2.75, 3.05) is 5.32 Å². The summed E-state index contributed by atoms with van der Waals surface area (Å²) >= 11 is 1.08. The normalized spacial score (nSPS) is 27.0. The maximum absolute atomic E-state index is 14.3. The molecule has 0 radical (unpaired) electrons. The molecule has 4 heterocycles. The topological polar surface area (TPSA) is 110 Å². The average Bonchev–Trinajstić information content (AvgIpc) is 3.47. The molecule has 1 fully saturated rings. The zero-order chi connectivity index (χ0) is 22.8. The van der Waals surface area contributed by atoms with E-state index in [2.05, 4.69) is 15.8 Å². The Hall–Kier alpha value is -3.25. The van der Waals surface area contributed by atoms with E-state index in [-0.39, 0.29) is 17.0 Å². The quantitative estimate of drug-likeness (QED) is 0.444. The van der Waals surface area contributed by atoms with E-state index in [1.54, 1.807) is 29.6 Å². The van der Waals surface area contributed by atoms with Gasteiger partial charge in [-0.05, 0) is 24.4 Å². The number of halogens is 3. The number of nitrogens with zero attached hydrogens (tertiary/aromatic N) is 2. The SMILES string of the molecule is Cc1noc([C@@H]2[C@@H](c3cccs3)[C@H](C(F)(F)F)N[C@@]23C(=O)Nc2ccccc23)c1[N+](=O)[O-]. The van der Waals surface area contributed by atoms with Crippen LogP contribution in [0.25, 0.3) is 0 Å². The van der Waals surface area contributed by atoms with Crippen molar-refractivity contribution in [3.63, 3.8) is 0 Å². The van der Waals surface area contributed by atoms with Crippen molar-refractivity contribution in [2.45, 2.75) is 36.5 Å². The van der Waals surface area contributed by atoms with Crippen LogP contribution < -0.4 is 10.6 Å². The summed E-state index contributed by atoms with van der Waals surface area (Å²) < 4.78 is 48.3. The number of carbonyl (C=O) groups is 1. The number of alkyl halides is 3. The van der Waals surface area contributed by atoms with Gasteiger partial charge >= 0.3 is 11.9 Å². The fourth-order valence-electron chi connectivity index (χ4n) is 4.88. The van der Waals surface area contributed by atoms with Crippen LogP contribution in [0.4, 0.5) is 24.5 Å². The lowest BCUT2D eigenvalue weighted by atomic mass is 9.73. The van der Waals surface area contributed by atoms with Gasteiger partial charge in [-0.3, -0.25) is 20.2 Å². The predicted octanol–water partition coefficient (Wildman–Crippen LogP) is 4.20. The van der Waals surface area contributed by atoms with Gasteiger partial charge in [0, 0.05) is 22.0 Å². The lowest BCUT2D eigenvalue weighted by Crippen LogP contribution is -2.52. The van der Waals surface area contributed by atoms with Gasteiger partial charge in [0.1, 0.15) is 11.6 Å². The van der Waals surface area contributed by atoms with Crippen LogP contribution in [0.2, 0.25) is 0 Å². The molecule has 2 N–H and O–H groups in total. The molecule has 3 aromatic rings. The molecule has 0 unspecified atom stereocenters. The summed E-state index contributed by atoms with van der Waals surface area (Å²) in [5.41, 5.74) is -1.94. The van der Waals surface area contributed by atoms with E-state index in [1.165, 1.54) is 19.1 Å². The highest BCUT2D eigenvalue weighted by molar-refractivity contribution is 7.10. The number of anilines is 1. The monoisotopic (exact) mass is 464 g/mol. The number of aromatic nitrogens is 1. The summed E-state index contributed by atoms with van der Waals surface area (Å²) in [6, 6.07) is 7.30. The second-order valence-electron chi connectivity index (χ2n) is 7.73. The summed E-state index contributed by atoms with van der Waals surface area (Å²) in [6.45, 7) is 1.34. The maximum atomic E-state index is 14.3. The van der Waals surface area contributed by atoms with Crippen LogP contribution in [0.3, 0.4) is 0 Å². The Kier molecular flexibility index (Phi) is 4.43. The molecular formula is C20H15F3N4O4S. The Labute approximate surface area is 182 Å². The van der Waals surface area contributed by atoms with Crippen LogP contribution in [0, 0.1) is 17.0 Å². The van der Waals surface area contributed by atoms with E-state index in [4.69, 9.17) is 4.52 Å². The summed E-state index contributed by atoms with van der Waals surface area (Å²) in [6.07, 6.45) is -4.75. The molecule has 1 saturated heterocycles. The van der Waals surface area contributed by atoms with Crippen LogP contribution in [-0.2, 0) is 10.3 Å². The third kappa shape index (κ3) is 2.72. The maximum Gasteiger partial charge on any atom is 0.404 e.